The quantitative estimate of drug-likeness (QED) is 0.363. The molecule has 214 valence electrons. The SMILES string of the molecule is O=C(CCC(F)(F)F)N[C@@H](c1cnn2cc([C@@H](NC(=O)c3ccncn3)C3CCC(F)(F)CC3)nc2c1)C1CC1. The molecule has 0 spiro atoms. The van der Waals surface area contributed by atoms with Crippen LogP contribution < -0.4 is 10.6 Å². The summed E-state index contributed by atoms with van der Waals surface area (Å²) in [5, 5.41) is 9.99. The van der Waals surface area contributed by atoms with Gasteiger partial charge in [0.1, 0.15) is 12.0 Å². The van der Waals surface area contributed by atoms with Crippen molar-refractivity contribution in [2.24, 2.45) is 11.8 Å². The van der Waals surface area contributed by atoms with Crippen LogP contribution in [-0.4, -0.2) is 48.5 Å². The smallest absolute Gasteiger partial charge is 0.349 e. The average molecular weight is 566 g/mol. The van der Waals surface area contributed by atoms with E-state index in [2.05, 4.69) is 30.7 Å². The highest BCUT2D eigenvalue weighted by Gasteiger charge is 2.40. The summed E-state index contributed by atoms with van der Waals surface area (Å²) in [4.78, 5) is 37.6. The van der Waals surface area contributed by atoms with Crippen molar-refractivity contribution in [3.05, 3.63) is 54.0 Å². The Bertz CT molecular complexity index is 1350. The van der Waals surface area contributed by atoms with Crippen LogP contribution in [0.4, 0.5) is 22.0 Å². The molecule has 9 nitrogen and oxygen atoms in total. The van der Waals surface area contributed by atoms with Crippen LogP contribution in [0.15, 0.2) is 37.1 Å². The van der Waals surface area contributed by atoms with Crippen molar-refractivity contribution in [1.82, 2.24) is 35.2 Å². The summed E-state index contributed by atoms with van der Waals surface area (Å²) in [5.41, 5.74) is 1.55. The normalized spacial score (nSPS) is 19.2. The summed E-state index contributed by atoms with van der Waals surface area (Å²) < 4.78 is 67.0. The van der Waals surface area contributed by atoms with E-state index in [1.807, 2.05) is 0 Å². The van der Waals surface area contributed by atoms with E-state index in [1.54, 1.807) is 12.3 Å². The lowest BCUT2D eigenvalue weighted by Crippen LogP contribution is -2.37. The van der Waals surface area contributed by atoms with Gasteiger partial charge in [-0.25, -0.2) is 28.2 Å². The molecule has 0 radical (unpaired) electrons. The van der Waals surface area contributed by atoms with E-state index < -0.39 is 48.8 Å². The van der Waals surface area contributed by atoms with Gasteiger partial charge in [0.05, 0.1) is 36.6 Å². The molecule has 3 aromatic rings. The van der Waals surface area contributed by atoms with E-state index >= 15 is 0 Å². The molecule has 0 aliphatic heterocycles. The van der Waals surface area contributed by atoms with Gasteiger partial charge in [-0.3, -0.25) is 9.59 Å². The number of aromatic nitrogens is 5. The second kappa shape index (κ2) is 11.0. The molecule has 2 atom stereocenters. The number of halogens is 5. The number of carbonyl (C=O) groups excluding carboxylic acids is 2. The number of hydrogen-bond donors (Lipinski definition) is 2. The van der Waals surface area contributed by atoms with Crippen LogP contribution >= 0.6 is 0 Å². The first kappa shape index (κ1) is 27.8. The first-order chi connectivity index (χ1) is 19.0. The molecule has 14 heteroatoms. The fourth-order valence-electron chi connectivity index (χ4n) is 5.10. The standard InChI is InChI=1S/C26H28F5N7O2/c27-25(28)7-3-16(4-8-25)23(37-24(40)18-6-10-32-14-33-18)19-13-38-20(35-19)11-17(12-34-38)22(15-1-2-15)36-21(39)5-9-26(29,30)31/h6,10-16,22-23H,1-5,7-9H2,(H,36,39)(H,37,40)/t22-,23+/m1/s1. The van der Waals surface area contributed by atoms with Crippen molar-refractivity contribution < 1.29 is 31.5 Å². The Labute approximate surface area is 226 Å². The predicted molar refractivity (Wildman–Crippen MR) is 131 cm³/mol. The van der Waals surface area contributed by atoms with E-state index in [1.165, 1.54) is 29.3 Å². The Kier molecular flexibility index (Phi) is 7.69. The number of rotatable bonds is 9. The van der Waals surface area contributed by atoms with Crippen LogP contribution in [-0.2, 0) is 4.79 Å². The number of nitrogens with one attached hydrogen (secondary N) is 2. The highest BCUT2D eigenvalue weighted by atomic mass is 19.4. The van der Waals surface area contributed by atoms with Gasteiger partial charge in [-0.15, -0.1) is 0 Å². The summed E-state index contributed by atoms with van der Waals surface area (Å²) in [6.45, 7) is 0. The molecule has 2 saturated carbocycles. The largest absolute Gasteiger partial charge is 0.389 e. The maximum absolute atomic E-state index is 13.9. The number of imidazole rings is 1. The van der Waals surface area contributed by atoms with Crippen molar-refractivity contribution in [1.29, 1.82) is 0 Å². The summed E-state index contributed by atoms with van der Waals surface area (Å²) in [5.74, 6) is -4.17. The molecule has 3 heterocycles. The van der Waals surface area contributed by atoms with E-state index in [4.69, 9.17) is 0 Å². The average Bonchev–Trinajstić information content (AvgIpc) is 3.67. The number of alkyl halides is 5. The first-order valence-electron chi connectivity index (χ1n) is 13.1. The van der Waals surface area contributed by atoms with Crippen molar-refractivity contribution in [2.45, 2.75) is 75.5 Å². The first-order valence-corrected chi connectivity index (χ1v) is 13.1. The maximum atomic E-state index is 13.9. The Hall–Kier alpha value is -3.71. The van der Waals surface area contributed by atoms with E-state index in [9.17, 15) is 31.5 Å². The van der Waals surface area contributed by atoms with Gasteiger partial charge in [0.2, 0.25) is 11.8 Å². The molecule has 5 rings (SSSR count). The lowest BCUT2D eigenvalue weighted by Gasteiger charge is -2.33. The van der Waals surface area contributed by atoms with Gasteiger partial charge in [0.15, 0.2) is 5.65 Å². The van der Waals surface area contributed by atoms with Crippen molar-refractivity contribution >= 4 is 17.5 Å². The number of hydrogen-bond acceptors (Lipinski definition) is 6. The minimum Gasteiger partial charge on any atom is -0.349 e. The van der Waals surface area contributed by atoms with Crippen molar-refractivity contribution in [3.8, 4) is 0 Å². The minimum atomic E-state index is -4.42. The zero-order chi connectivity index (χ0) is 28.5. The summed E-state index contributed by atoms with van der Waals surface area (Å²) in [6.07, 6.45) is 0.914. The van der Waals surface area contributed by atoms with Crippen LogP contribution in [0.2, 0.25) is 0 Å². The van der Waals surface area contributed by atoms with Gasteiger partial charge in [-0.05, 0) is 55.2 Å². The Morgan fingerprint density at radius 3 is 2.45 bits per heavy atom. The summed E-state index contributed by atoms with van der Waals surface area (Å²) >= 11 is 0. The van der Waals surface area contributed by atoms with Gasteiger partial charge in [-0.1, -0.05) is 0 Å². The third-order valence-electron chi connectivity index (χ3n) is 7.42. The molecule has 40 heavy (non-hydrogen) atoms. The van der Waals surface area contributed by atoms with Crippen molar-refractivity contribution in [2.75, 3.05) is 0 Å². The monoisotopic (exact) mass is 565 g/mol. The van der Waals surface area contributed by atoms with Crippen LogP contribution in [0.25, 0.3) is 5.65 Å². The number of amides is 2. The number of fused-ring (bicyclic) bond motifs is 1. The molecular weight excluding hydrogens is 537 g/mol. The van der Waals surface area contributed by atoms with Crippen LogP contribution in [0.5, 0.6) is 0 Å². The molecule has 0 unspecified atom stereocenters. The van der Waals surface area contributed by atoms with Gasteiger partial charge < -0.3 is 10.6 Å². The second-order valence-corrected chi connectivity index (χ2v) is 10.5. The molecule has 2 amide bonds. The Morgan fingerprint density at radius 1 is 1.07 bits per heavy atom. The lowest BCUT2D eigenvalue weighted by molar-refractivity contribution is -0.144. The molecule has 3 aromatic heterocycles. The number of carbonyl (C=O) groups is 2. The van der Waals surface area contributed by atoms with E-state index in [0.29, 0.717) is 16.9 Å². The summed E-state index contributed by atoms with van der Waals surface area (Å²) in [7, 11) is 0. The maximum Gasteiger partial charge on any atom is 0.389 e. The van der Waals surface area contributed by atoms with Gasteiger partial charge in [0.25, 0.3) is 5.91 Å². The molecule has 0 saturated heterocycles. The fourth-order valence-corrected chi connectivity index (χ4v) is 5.10. The Balaban J connectivity index is 1.39. The Morgan fingerprint density at radius 2 is 1.80 bits per heavy atom. The van der Waals surface area contributed by atoms with Gasteiger partial charge in [0, 0.05) is 25.5 Å². The highest BCUT2D eigenvalue weighted by molar-refractivity contribution is 5.92. The zero-order valence-electron chi connectivity index (χ0n) is 21.4. The van der Waals surface area contributed by atoms with Gasteiger partial charge >= 0.3 is 6.18 Å². The molecule has 2 aliphatic rings. The summed E-state index contributed by atoms with van der Waals surface area (Å²) in [6, 6.07) is 1.94. The minimum absolute atomic E-state index is 0.0809. The van der Waals surface area contributed by atoms with Gasteiger partial charge in [-0.2, -0.15) is 18.3 Å². The molecule has 2 fully saturated rings. The fraction of sp³-hybridized carbons (Fsp3) is 0.538. The molecule has 0 aromatic carbocycles. The molecule has 0 bridgehead atoms. The lowest BCUT2D eigenvalue weighted by atomic mass is 9.81. The number of nitrogens with zero attached hydrogens (tertiary/aromatic N) is 5. The van der Waals surface area contributed by atoms with E-state index in [0.717, 1.165) is 12.8 Å². The van der Waals surface area contributed by atoms with Crippen LogP contribution in [0.3, 0.4) is 0 Å². The second-order valence-electron chi connectivity index (χ2n) is 10.5. The molecular formula is C26H28F5N7O2. The third-order valence-corrected chi connectivity index (χ3v) is 7.42. The predicted octanol–water partition coefficient (Wildman–Crippen LogP) is 4.73. The van der Waals surface area contributed by atoms with E-state index in [-0.39, 0.29) is 43.2 Å². The van der Waals surface area contributed by atoms with Crippen LogP contribution in [0.1, 0.15) is 85.2 Å². The zero-order valence-corrected chi connectivity index (χ0v) is 21.4. The third kappa shape index (κ3) is 6.89. The molecule has 2 aliphatic carbocycles. The van der Waals surface area contributed by atoms with Crippen LogP contribution in [0, 0.1) is 11.8 Å². The highest BCUT2D eigenvalue weighted by Crippen LogP contribution is 2.43. The molecule has 2 N–H and O–H groups in total. The van der Waals surface area contributed by atoms with Crippen molar-refractivity contribution in [3.63, 3.8) is 0 Å². The topological polar surface area (TPSA) is 114 Å².